The second kappa shape index (κ2) is 7.86. The molecule has 0 saturated carbocycles. The van der Waals surface area contributed by atoms with Crippen molar-refractivity contribution in [2.45, 2.75) is 27.0 Å². The summed E-state index contributed by atoms with van der Waals surface area (Å²) in [6, 6.07) is 16.6. The van der Waals surface area contributed by atoms with Gasteiger partial charge in [0.05, 0.1) is 17.9 Å². The van der Waals surface area contributed by atoms with Crippen LogP contribution in [0.2, 0.25) is 0 Å². The third kappa shape index (κ3) is 4.23. The number of rotatable bonds is 6. The van der Waals surface area contributed by atoms with Crippen molar-refractivity contribution in [1.29, 1.82) is 0 Å². The number of nitrogens with two attached hydrogens (primary N) is 1. The Kier molecular flexibility index (Phi) is 5.35. The highest BCUT2D eigenvalue weighted by Gasteiger charge is 2.20. The second-order valence-corrected chi connectivity index (χ2v) is 6.33. The lowest BCUT2D eigenvalue weighted by Gasteiger charge is -2.07. The molecule has 27 heavy (non-hydrogen) atoms. The number of ether oxygens (including phenoxy) is 1. The van der Waals surface area contributed by atoms with Gasteiger partial charge in [-0.1, -0.05) is 42.5 Å². The van der Waals surface area contributed by atoms with E-state index in [1.54, 1.807) is 35.9 Å². The van der Waals surface area contributed by atoms with Gasteiger partial charge < -0.3 is 10.5 Å². The lowest BCUT2D eigenvalue weighted by molar-refractivity contribution is 0.0471. The molecule has 0 radical (unpaired) electrons. The van der Waals surface area contributed by atoms with E-state index in [-0.39, 0.29) is 6.61 Å². The van der Waals surface area contributed by atoms with Crippen LogP contribution < -0.4 is 5.73 Å². The fraction of sp³-hybridized carbons (Fsp3) is 0.190. The third-order valence-corrected chi connectivity index (χ3v) is 4.34. The van der Waals surface area contributed by atoms with Crippen molar-refractivity contribution in [2.75, 3.05) is 0 Å². The van der Waals surface area contributed by atoms with Gasteiger partial charge >= 0.3 is 5.97 Å². The Morgan fingerprint density at radius 2 is 1.74 bits per heavy atom. The predicted octanol–water partition coefficient (Wildman–Crippen LogP) is 3.00. The molecule has 0 aliphatic rings. The Labute approximate surface area is 157 Å². The maximum Gasteiger partial charge on any atom is 0.342 e. The lowest BCUT2D eigenvalue weighted by atomic mass is 10.1. The average Bonchev–Trinajstić information content (AvgIpc) is 2.94. The lowest BCUT2D eigenvalue weighted by Crippen LogP contribution is -2.12. The molecule has 2 aromatic carbocycles. The molecule has 0 atom stereocenters. The number of amides is 1. The molecule has 0 aliphatic heterocycles. The number of hydrogen-bond donors (Lipinski definition) is 1. The van der Waals surface area contributed by atoms with E-state index in [1.807, 2.05) is 37.3 Å². The quantitative estimate of drug-likeness (QED) is 0.682. The molecular formula is C21H21N3O3. The number of carbonyl (C=O) groups is 2. The molecule has 0 bridgehead atoms. The molecule has 0 spiro atoms. The number of esters is 1. The number of nitrogens with zero attached hydrogens (tertiary/aromatic N) is 2. The van der Waals surface area contributed by atoms with E-state index in [9.17, 15) is 9.59 Å². The van der Waals surface area contributed by atoms with Gasteiger partial charge in [0, 0.05) is 5.56 Å². The van der Waals surface area contributed by atoms with Crippen LogP contribution in [0, 0.1) is 13.8 Å². The van der Waals surface area contributed by atoms with Crippen molar-refractivity contribution in [1.82, 2.24) is 9.78 Å². The Bertz CT molecular complexity index is 978. The molecule has 1 aromatic heterocycles. The van der Waals surface area contributed by atoms with E-state index in [0.717, 1.165) is 11.3 Å². The zero-order valence-corrected chi connectivity index (χ0v) is 15.3. The minimum absolute atomic E-state index is 0.0582. The van der Waals surface area contributed by atoms with E-state index in [0.29, 0.717) is 28.9 Å². The van der Waals surface area contributed by atoms with Crippen molar-refractivity contribution < 1.29 is 14.3 Å². The highest BCUT2D eigenvalue weighted by Crippen LogP contribution is 2.17. The summed E-state index contributed by atoms with van der Waals surface area (Å²) in [6.45, 7) is 4.29. The molecule has 0 fully saturated rings. The normalized spacial score (nSPS) is 10.6. The van der Waals surface area contributed by atoms with Gasteiger partial charge in [0.1, 0.15) is 12.2 Å². The van der Waals surface area contributed by atoms with Crippen LogP contribution in [0.5, 0.6) is 0 Å². The molecular weight excluding hydrogens is 342 g/mol. The average molecular weight is 363 g/mol. The SMILES string of the molecule is Cc1nn(Cc2ccccc2)c(C)c1C(=O)OCc1cccc(C(N)=O)c1. The van der Waals surface area contributed by atoms with E-state index in [2.05, 4.69) is 5.10 Å². The van der Waals surface area contributed by atoms with Crippen LogP contribution in [0.3, 0.4) is 0 Å². The summed E-state index contributed by atoms with van der Waals surface area (Å²) in [5, 5.41) is 4.47. The summed E-state index contributed by atoms with van der Waals surface area (Å²) in [5.74, 6) is -0.953. The molecule has 3 rings (SSSR count). The van der Waals surface area contributed by atoms with Crippen molar-refractivity contribution in [3.05, 3.63) is 88.2 Å². The summed E-state index contributed by atoms with van der Waals surface area (Å²) in [7, 11) is 0. The first-order chi connectivity index (χ1) is 13.0. The molecule has 3 aromatic rings. The number of primary amides is 1. The Morgan fingerprint density at radius 3 is 2.44 bits per heavy atom. The smallest absolute Gasteiger partial charge is 0.342 e. The van der Waals surface area contributed by atoms with Gasteiger partial charge in [0.15, 0.2) is 0 Å². The highest BCUT2D eigenvalue weighted by molar-refractivity contribution is 5.93. The number of hydrogen-bond acceptors (Lipinski definition) is 4. The minimum Gasteiger partial charge on any atom is -0.457 e. The van der Waals surface area contributed by atoms with Crippen molar-refractivity contribution in [2.24, 2.45) is 5.73 Å². The second-order valence-electron chi connectivity index (χ2n) is 6.33. The zero-order valence-electron chi connectivity index (χ0n) is 15.3. The first-order valence-corrected chi connectivity index (χ1v) is 8.59. The summed E-state index contributed by atoms with van der Waals surface area (Å²) in [4.78, 5) is 23.8. The maximum atomic E-state index is 12.6. The number of aryl methyl sites for hydroxylation is 1. The fourth-order valence-corrected chi connectivity index (χ4v) is 2.94. The molecule has 0 unspecified atom stereocenters. The number of aromatic nitrogens is 2. The number of carbonyl (C=O) groups excluding carboxylic acids is 2. The summed E-state index contributed by atoms with van der Waals surface area (Å²) >= 11 is 0. The molecule has 1 heterocycles. The Morgan fingerprint density at radius 1 is 1.04 bits per heavy atom. The van der Waals surface area contributed by atoms with E-state index in [4.69, 9.17) is 10.5 Å². The van der Waals surface area contributed by atoms with Gasteiger partial charge in [-0.3, -0.25) is 9.48 Å². The Hall–Kier alpha value is -3.41. The molecule has 6 heteroatoms. The molecule has 6 nitrogen and oxygen atoms in total. The first-order valence-electron chi connectivity index (χ1n) is 8.59. The molecule has 0 saturated heterocycles. The third-order valence-electron chi connectivity index (χ3n) is 4.34. The summed E-state index contributed by atoms with van der Waals surface area (Å²) < 4.78 is 7.23. The van der Waals surface area contributed by atoms with Crippen LogP contribution in [-0.4, -0.2) is 21.7 Å². The van der Waals surface area contributed by atoms with Crippen molar-refractivity contribution >= 4 is 11.9 Å². The molecule has 1 amide bonds. The van der Waals surface area contributed by atoms with Crippen LogP contribution in [-0.2, 0) is 17.9 Å². The van der Waals surface area contributed by atoms with Gasteiger partial charge in [0.25, 0.3) is 0 Å². The molecule has 0 aliphatic carbocycles. The topological polar surface area (TPSA) is 87.2 Å². The fourth-order valence-electron chi connectivity index (χ4n) is 2.94. The van der Waals surface area contributed by atoms with Crippen LogP contribution in [0.1, 0.15) is 43.2 Å². The van der Waals surface area contributed by atoms with Crippen molar-refractivity contribution in [3.8, 4) is 0 Å². The largest absolute Gasteiger partial charge is 0.457 e. The molecule has 2 N–H and O–H groups in total. The van der Waals surface area contributed by atoms with E-state index >= 15 is 0 Å². The first kappa shape index (κ1) is 18.4. The van der Waals surface area contributed by atoms with Crippen LogP contribution in [0.25, 0.3) is 0 Å². The van der Waals surface area contributed by atoms with Crippen LogP contribution in [0.15, 0.2) is 54.6 Å². The standard InChI is InChI=1S/C21H21N3O3/c1-14-19(15(2)24(23-14)12-16-7-4-3-5-8-16)21(26)27-13-17-9-6-10-18(11-17)20(22)25/h3-11H,12-13H2,1-2H3,(H2,22,25). The zero-order chi connectivity index (χ0) is 19.4. The van der Waals surface area contributed by atoms with Gasteiger partial charge in [-0.15, -0.1) is 0 Å². The highest BCUT2D eigenvalue weighted by atomic mass is 16.5. The van der Waals surface area contributed by atoms with Crippen LogP contribution >= 0.6 is 0 Å². The molecule has 138 valence electrons. The van der Waals surface area contributed by atoms with Crippen LogP contribution in [0.4, 0.5) is 0 Å². The van der Waals surface area contributed by atoms with Crippen molar-refractivity contribution in [3.63, 3.8) is 0 Å². The summed E-state index contributed by atoms with van der Waals surface area (Å²) in [5.41, 5.74) is 9.31. The van der Waals surface area contributed by atoms with Gasteiger partial charge in [-0.05, 0) is 37.1 Å². The van der Waals surface area contributed by atoms with Gasteiger partial charge in [-0.25, -0.2) is 4.79 Å². The predicted molar refractivity (Wildman–Crippen MR) is 101 cm³/mol. The maximum absolute atomic E-state index is 12.6. The van der Waals surface area contributed by atoms with E-state index < -0.39 is 11.9 Å². The van der Waals surface area contributed by atoms with Gasteiger partial charge in [-0.2, -0.15) is 5.10 Å². The minimum atomic E-state index is -0.517. The van der Waals surface area contributed by atoms with E-state index in [1.165, 1.54) is 0 Å². The summed E-state index contributed by atoms with van der Waals surface area (Å²) in [6.07, 6.45) is 0. The van der Waals surface area contributed by atoms with Gasteiger partial charge in [0.2, 0.25) is 5.91 Å². The monoisotopic (exact) mass is 363 g/mol. The number of benzene rings is 2. The Balaban J connectivity index is 1.73.